The smallest absolute Gasteiger partial charge is 0.382 e. The van der Waals surface area contributed by atoms with Crippen LogP contribution in [-0.2, 0) is 6.18 Å². The number of rotatable bonds is 1. The molecule has 0 aromatic carbocycles. The van der Waals surface area contributed by atoms with Gasteiger partial charge in [-0.05, 0) is 0 Å². The molecule has 21 heavy (non-hydrogen) atoms. The molecule has 0 aliphatic heterocycles. The normalized spacial score (nSPS) is 11.5. The highest BCUT2D eigenvalue weighted by Gasteiger charge is 2.39. The van der Waals surface area contributed by atoms with Crippen molar-refractivity contribution in [3.8, 4) is 11.9 Å². The summed E-state index contributed by atoms with van der Waals surface area (Å²) in [6, 6.07) is 1.72. The van der Waals surface area contributed by atoms with Gasteiger partial charge in [0.2, 0.25) is 0 Å². The molecular formula is C10H3Cl3F3N5. The van der Waals surface area contributed by atoms with Crippen LogP contribution in [0, 0.1) is 11.3 Å². The maximum absolute atomic E-state index is 13.0. The fourth-order valence-corrected chi connectivity index (χ4v) is 2.30. The third-order valence-corrected chi connectivity index (χ3v) is 3.53. The highest BCUT2D eigenvalue weighted by Crippen LogP contribution is 2.44. The molecule has 0 unspecified atom stereocenters. The molecule has 0 radical (unpaired) electrons. The zero-order valence-electron chi connectivity index (χ0n) is 9.71. The molecule has 0 fully saturated rings. The van der Waals surface area contributed by atoms with Gasteiger partial charge in [-0.1, -0.05) is 34.8 Å². The number of aromatic nitrogens is 3. The third kappa shape index (κ3) is 2.60. The minimum absolute atomic E-state index is 0.0486. The Morgan fingerprint density at radius 2 is 1.86 bits per heavy atom. The molecular weight excluding hydrogens is 353 g/mol. The molecule has 110 valence electrons. The Labute approximate surface area is 130 Å². The molecule has 2 heterocycles. The Kier molecular flexibility index (Phi) is 3.93. The summed E-state index contributed by atoms with van der Waals surface area (Å²) in [4.78, 5) is 3.64. The molecule has 2 N–H and O–H groups in total. The summed E-state index contributed by atoms with van der Waals surface area (Å²) in [6.07, 6.45) is -3.79. The molecule has 0 bridgehead atoms. The molecule has 0 saturated heterocycles. The van der Waals surface area contributed by atoms with Crippen molar-refractivity contribution >= 4 is 40.6 Å². The number of nitrogens with two attached hydrogens (primary N) is 1. The molecule has 0 spiro atoms. The van der Waals surface area contributed by atoms with Gasteiger partial charge >= 0.3 is 6.18 Å². The van der Waals surface area contributed by atoms with Gasteiger partial charge in [-0.2, -0.15) is 28.2 Å². The zero-order valence-corrected chi connectivity index (χ0v) is 12.0. The summed E-state index contributed by atoms with van der Waals surface area (Å²) in [5, 5.41) is 10.2. The SMILES string of the molecule is N#Cc1cnn(-c2nc(Cl)c(Cl)c(C(F)(F)F)c2Cl)c1N. The first-order valence-corrected chi connectivity index (χ1v) is 6.17. The van der Waals surface area contributed by atoms with E-state index in [2.05, 4.69) is 10.1 Å². The van der Waals surface area contributed by atoms with E-state index in [4.69, 9.17) is 45.8 Å². The van der Waals surface area contributed by atoms with Crippen molar-refractivity contribution in [2.75, 3.05) is 5.73 Å². The average molecular weight is 357 g/mol. The van der Waals surface area contributed by atoms with Crippen molar-refractivity contribution in [3.63, 3.8) is 0 Å². The fourth-order valence-electron chi connectivity index (χ4n) is 1.50. The number of nitrogen functional groups attached to an aromatic ring is 1. The lowest BCUT2D eigenvalue weighted by Gasteiger charge is -2.15. The second-order valence-electron chi connectivity index (χ2n) is 3.69. The second kappa shape index (κ2) is 5.26. The summed E-state index contributed by atoms with van der Waals surface area (Å²) in [5.41, 5.74) is 4.18. The largest absolute Gasteiger partial charge is 0.419 e. The minimum atomic E-state index is -4.85. The summed E-state index contributed by atoms with van der Waals surface area (Å²) in [6.45, 7) is 0. The predicted octanol–water partition coefficient (Wildman–Crippen LogP) is 3.70. The lowest BCUT2D eigenvalue weighted by Crippen LogP contribution is -2.13. The second-order valence-corrected chi connectivity index (χ2v) is 4.81. The Morgan fingerprint density at radius 3 is 2.33 bits per heavy atom. The van der Waals surface area contributed by atoms with Gasteiger partial charge in [0.25, 0.3) is 0 Å². The van der Waals surface area contributed by atoms with E-state index in [9.17, 15) is 13.2 Å². The van der Waals surface area contributed by atoms with Crippen LogP contribution in [-0.4, -0.2) is 14.8 Å². The summed E-state index contributed by atoms with van der Waals surface area (Å²) in [5.74, 6) is -0.698. The molecule has 2 aromatic rings. The molecule has 11 heteroatoms. The zero-order chi connectivity index (χ0) is 15.9. The predicted molar refractivity (Wildman–Crippen MR) is 70.5 cm³/mol. The van der Waals surface area contributed by atoms with Crippen LogP contribution >= 0.6 is 34.8 Å². The van der Waals surface area contributed by atoms with E-state index in [-0.39, 0.29) is 11.4 Å². The van der Waals surface area contributed by atoms with Gasteiger partial charge in [-0.15, -0.1) is 0 Å². The van der Waals surface area contributed by atoms with Gasteiger partial charge in [0, 0.05) is 0 Å². The monoisotopic (exact) mass is 355 g/mol. The van der Waals surface area contributed by atoms with Crippen LogP contribution in [0.2, 0.25) is 15.2 Å². The van der Waals surface area contributed by atoms with Gasteiger partial charge in [0.05, 0.1) is 21.8 Å². The van der Waals surface area contributed by atoms with Gasteiger partial charge in [0.15, 0.2) is 11.0 Å². The van der Waals surface area contributed by atoms with Gasteiger partial charge in [-0.25, -0.2) is 4.98 Å². The number of nitrogens with zero attached hydrogens (tertiary/aromatic N) is 4. The van der Waals surface area contributed by atoms with Gasteiger partial charge < -0.3 is 5.73 Å². The van der Waals surface area contributed by atoms with Crippen LogP contribution in [0.4, 0.5) is 19.0 Å². The van der Waals surface area contributed by atoms with E-state index in [1.807, 2.05) is 0 Å². The summed E-state index contributed by atoms with van der Waals surface area (Å²) < 4.78 is 39.7. The van der Waals surface area contributed by atoms with Gasteiger partial charge in [-0.3, -0.25) is 0 Å². The Balaban J connectivity index is 2.80. The summed E-state index contributed by atoms with van der Waals surface area (Å²) in [7, 11) is 0. The number of hydrogen-bond donors (Lipinski definition) is 1. The van der Waals surface area contributed by atoms with Crippen LogP contribution in [0.5, 0.6) is 0 Å². The van der Waals surface area contributed by atoms with E-state index >= 15 is 0 Å². The lowest BCUT2D eigenvalue weighted by atomic mass is 10.2. The summed E-state index contributed by atoms with van der Waals surface area (Å²) >= 11 is 16.8. The molecule has 2 rings (SSSR count). The van der Waals surface area contributed by atoms with Crippen LogP contribution in [0.15, 0.2) is 6.20 Å². The quantitative estimate of drug-likeness (QED) is 0.790. The van der Waals surface area contributed by atoms with Crippen molar-refractivity contribution in [3.05, 3.63) is 32.5 Å². The number of nitriles is 1. The molecule has 0 amide bonds. The number of pyridine rings is 1. The maximum Gasteiger partial charge on any atom is 0.419 e. The van der Waals surface area contributed by atoms with E-state index in [1.165, 1.54) is 0 Å². The first-order chi connectivity index (χ1) is 9.68. The fraction of sp³-hybridized carbons (Fsp3) is 0.100. The van der Waals surface area contributed by atoms with E-state index in [0.717, 1.165) is 10.9 Å². The Morgan fingerprint density at radius 1 is 1.24 bits per heavy atom. The number of halogens is 6. The van der Waals surface area contributed by atoms with Crippen molar-refractivity contribution in [2.45, 2.75) is 6.18 Å². The van der Waals surface area contributed by atoms with Crippen LogP contribution in [0.25, 0.3) is 5.82 Å². The Bertz CT molecular complexity index is 763. The molecule has 0 aliphatic carbocycles. The van der Waals surface area contributed by atoms with Crippen LogP contribution in [0.3, 0.4) is 0 Å². The highest BCUT2D eigenvalue weighted by molar-refractivity contribution is 6.43. The van der Waals surface area contributed by atoms with E-state index in [1.54, 1.807) is 6.07 Å². The van der Waals surface area contributed by atoms with E-state index < -0.39 is 32.8 Å². The molecule has 0 atom stereocenters. The van der Waals surface area contributed by atoms with Crippen LogP contribution < -0.4 is 5.73 Å². The van der Waals surface area contributed by atoms with Crippen molar-refractivity contribution in [1.29, 1.82) is 5.26 Å². The number of anilines is 1. The van der Waals surface area contributed by atoms with Crippen molar-refractivity contribution in [2.24, 2.45) is 0 Å². The number of alkyl halides is 3. The standard InChI is InChI=1S/C10H3Cl3F3N5/c11-5-4(10(14,15)16)6(12)9(20-7(5)13)21-8(18)3(1-17)2-19-21/h2H,18H2. The molecule has 5 nitrogen and oxygen atoms in total. The van der Waals surface area contributed by atoms with Crippen LogP contribution in [0.1, 0.15) is 11.1 Å². The van der Waals surface area contributed by atoms with Crippen molar-refractivity contribution < 1.29 is 13.2 Å². The average Bonchev–Trinajstić information content (AvgIpc) is 2.73. The van der Waals surface area contributed by atoms with Gasteiger partial charge in [0.1, 0.15) is 17.5 Å². The topological polar surface area (TPSA) is 80.5 Å². The highest BCUT2D eigenvalue weighted by atomic mass is 35.5. The molecule has 0 saturated carbocycles. The maximum atomic E-state index is 13.0. The van der Waals surface area contributed by atoms with E-state index in [0.29, 0.717) is 0 Å². The minimum Gasteiger partial charge on any atom is -0.382 e. The first-order valence-electron chi connectivity index (χ1n) is 5.04. The molecule has 0 aliphatic rings. The van der Waals surface area contributed by atoms with Crippen molar-refractivity contribution in [1.82, 2.24) is 14.8 Å². The third-order valence-electron chi connectivity index (χ3n) is 2.43. The number of hydrogen-bond acceptors (Lipinski definition) is 4. The molecule has 2 aromatic heterocycles. The first kappa shape index (κ1) is 15.7. The lowest BCUT2D eigenvalue weighted by molar-refractivity contribution is -0.137. The Hall–Kier alpha value is -1.69.